The van der Waals surface area contributed by atoms with Crippen LogP contribution in [-0.4, -0.2) is 17.9 Å². The van der Waals surface area contributed by atoms with Crippen molar-refractivity contribution >= 4 is 16.9 Å². The van der Waals surface area contributed by atoms with Crippen LogP contribution in [0.5, 0.6) is 0 Å². The van der Waals surface area contributed by atoms with E-state index in [4.69, 9.17) is 8.83 Å². The zero-order valence-corrected chi connectivity index (χ0v) is 11.9. The van der Waals surface area contributed by atoms with E-state index < -0.39 is 0 Å². The first-order valence-corrected chi connectivity index (χ1v) is 6.96. The van der Waals surface area contributed by atoms with Gasteiger partial charge in [-0.15, -0.1) is 0 Å². The van der Waals surface area contributed by atoms with Gasteiger partial charge in [0.15, 0.2) is 0 Å². The molecule has 0 aliphatic heterocycles. The second kappa shape index (κ2) is 5.87. The molecule has 3 rings (SSSR count). The van der Waals surface area contributed by atoms with Gasteiger partial charge in [0.25, 0.3) is 0 Å². The summed E-state index contributed by atoms with van der Waals surface area (Å²) in [6.07, 6.45) is 2.68. The summed E-state index contributed by atoms with van der Waals surface area (Å²) in [4.78, 5) is 13.8. The van der Waals surface area contributed by atoms with Gasteiger partial charge in [-0.05, 0) is 24.3 Å². The Morgan fingerprint density at radius 1 is 1.14 bits per heavy atom. The second-order valence-electron chi connectivity index (χ2n) is 5.08. The van der Waals surface area contributed by atoms with E-state index >= 15 is 0 Å². The number of amides is 1. The molecular formula is C17H17NO3. The van der Waals surface area contributed by atoms with Gasteiger partial charge in [-0.1, -0.05) is 18.2 Å². The van der Waals surface area contributed by atoms with Crippen LogP contribution in [0.1, 0.15) is 17.9 Å². The number of carbonyl (C=O) groups excluding carboxylic acids is 1. The van der Waals surface area contributed by atoms with Crippen molar-refractivity contribution in [1.82, 2.24) is 4.90 Å². The minimum atomic E-state index is 0.0758. The van der Waals surface area contributed by atoms with Gasteiger partial charge in [0, 0.05) is 25.3 Å². The maximum atomic E-state index is 12.1. The Labute approximate surface area is 123 Å². The van der Waals surface area contributed by atoms with Crippen LogP contribution in [0.15, 0.2) is 57.6 Å². The average Bonchev–Trinajstić information content (AvgIpc) is 3.13. The van der Waals surface area contributed by atoms with E-state index in [-0.39, 0.29) is 5.91 Å². The molecule has 108 valence electrons. The summed E-state index contributed by atoms with van der Waals surface area (Å²) in [6, 6.07) is 13.5. The molecule has 0 aliphatic carbocycles. The number of rotatable bonds is 5. The quantitative estimate of drug-likeness (QED) is 0.718. The lowest BCUT2D eigenvalue weighted by Gasteiger charge is -2.15. The van der Waals surface area contributed by atoms with Crippen LogP contribution in [0, 0.1) is 0 Å². The van der Waals surface area contributed by atoms with Gasteiger partial charge in [-0.2, -0.15) is 0 Å². The fraction of sp³-hybridized carbons (Fsp3) is 0.235. The number of hydrogen-bond donors (Lipinski definition) is 0. The van der Waals surface area contributed by atoms with Crippen molar-refractivity contribution in [3.8, 4) is 0 Å². The maximum absolute atomic E-state index is 12.1. The fourth-order valence-corrected chi connectivity index (χ4v) is 2.31. The number of nitrogens with zero attached hydrogens (tertiary/aromatic N) is 1. The fourth-order valence-electron chi connectivity index (χ4n) is 2.31. The highest BCUT2D eigenvalue weighted by molar-refractivity contribution is 5.78. The molecular weight excluding hydrogens is 266 g/mol. The molecule has 0 aliphatic rings. The van der Waals surface area contributed by atoms with Gasteiger partial charge < -0.3 is 13.7 Å². The van der Waals surface area contributed by atoms with Crippen molar-refractivity contribution in [3.05, 3.63) is 60.2 Å². The Morgan fingerprint density at radius 3 is 2.76 bits per heavy atom. The summed E-state index contributed by atoms with van der Waals surface area (Å²) in [5.74, 6) is 1.71. The van der Waals surface area contributed by atoms with E-state index in [0.717, 1.165) is 22.5 Å². The lowest BCUT2D eigenvalue weighted by atomic mass is 10.2. The number of carbonyl (C=O) groups is 1. The molecule has 0 radical (unpaired) electrons. The molecule has 0 unspecified atom stereocenters. The monoisotopic (exact) mass is 283 g/mol. The highest BCUT2D eigenvalue weighted by Crippen LogP contribution is 2.20. The first kappa shape index (κ1) is 13.5. The standard InChI is InChI=1S/C17H17NO3/c1-18(17(19)9-8-14-6-4-10-20-14)12-15-11-13-5-2-3-7-16(13)21-15/h2-7,10-11H,8-9,12H2,1H3. The second-order valence-corrected chi connectivity index (χ2v) is 5.08. The Morgan fingerprint density at radius 2 is 2.00 bits per heavy atom. The van der Waals surface area contributed by atoms with Crippen LogP contribution < -0.4 is 0 Å². The van der Waals surface area contributed by atoms with Crippen molar-refractivity contribution in [1.29, 1.82) is 0 Å². The smallest absolute Gasteiger partial charge is 0.223 e. The van der Waals surface area contributed by atoms with Crippen molar-refractivity contribution in [2.45, 2.75) is 19.4 Å². The number of furan rings is 2. The Kier molecular flexibility index (Phi) is 3.77. The van der Waals surface area contributed by atoms with Crippen molar-refractivity contribution < 1.29 is 13.6 Å². The van der Waals surface area contributed by atoms with E-state index in [2.05, 4.69) is 0 Å². The van der Waals surface area contributed by atoms with Gasteiger partial charge in [-0.3, -0.25) is 4.79 Å². The van der Waals surface area contributed by atoms with E-state index in [1.807, 2.05) is 42.5 Å². The maximum Gasteiger partial charge on any atom is 0.223 e. The van der Waals surface area contributed by atoms with Crippen LogP contribution in [0.4, 0.5) is 0 Å². The van der Waals surface area contributed by atoms with Crippen LogP contribution >= 0.6 is 0 Å². The molecule has 1 aromatic carbocycles. The normalized spacial score (nSPS) is 10.9. The molecule has 0 N–H and O–H groups in total. The molecule has 2 aromatic heterocycles. The van der Waals surface area contributed by atoms with Gasteiger partial charge in [-0.25, -0.2) is 0 Å². The molecule has 0 bridgehead atoms. The zero-order valence-electron chi connectivity index (χ0n) is 11.9. The minimum absolute atomic E-state index is 0.0758. The van der Waals surface area contributed by atoms with Crippen LogP contribution in [-0.2, 0) is 17.8 Å². The van der Waals surface area contributed by atoms with Crippen LogP contribution in [0.2, 0.25) is 0 Å². The number of para-hydroxylation sites is 1. The van der Waals surface area contributed by atoms with Crippen molar-refractivity contribution in [2.24, 2.45) is 0 Å². The van der Waals surface area contributed by atoms with Gasteiger partial charge in [0.2, 0.25) is 5.91 Å². The SMILES string of the molecule is CN(Cc1cc2ccccc2o1)C(=O)CCc1ccco1. The summed E-state index contributed by atoms with van der Waals surface area (Å²) in [5.41, 5.74) is 0.851. The van der Waals surface area contributed by atoms with Crippen molar-refractivity contribution in [2.75, 3.05) is 7.05 Å². The summed E-state index contributed by atoms with van der Waals surface area (Å²) < 4.78 is 11.0. The molecule has 0 fully saturated rings. The number of benzene rings is 1. The zero-order chi connectivity index (χ0) is 14.7. The third-order valence-electron chi connectivity index (χ3n) is 3.46. The number of hydrogen-bond acceptors (Lipinski definition) is 3. The van der Waals surface area contributed by atoms with Crippen LogP contribution in [0.25, 0.3) is 11.0 Å². The first-order valence-electron chi connectivity index (χ1n) is 6.96. The Bertz CT molecular complexity index is 694. The first-order chi connectivity index (χ1) is 10.2. The molecule has 21 heavy (non-hydrogen) atoms. The highest BCUT2D eigenvalue weighted by Gasteiger charge is 2.12. The van der Waals surface area contributed by atoms with Gasteiger partial charge in [0.05, 0.1) is 12.8 Å². The molecule has 0 atom stereocenters. The lowest BCUT2D eigenvalue weighted by Crippen LogP contribution is -2.26. The molecule has 3 aromatic rings. The summed E-state index contributed by atoms with van der Waals surface area (Å²) in [5, 5.41) is 1.06. The molecule has 4 heteroatoms. The van der Waals surface area contributed by atoms with Gasteiger partial charge >= 0.3 is 0 Å². The third-order valence-corrected chi connectivity index (χ3v) is 3.46. The lowest BCUT2D eigenvalue weighted by molar-refractivity contribution is -0.130. The Balaban J connectivity index is 1.59. The Hall–Kier alpha value is -2.49. The summed E-state index contributed by atoms with van der Waals surface area (Å²) in [6.45, 7) is 0.478. The molecule has 0 spiro atoms. The van der Waals surface area contributed by atoms with Crippen LogP contribution in [0.3, 0.4) is 0 Å². The molecule has 1 amide bonds. The molecule has 4 nitrogen and oxygen atoms in total. The van der Waals surface area contributed by atoms with E-state index in [1.54, 1.807) is 18.2 Å². The topological polar surface area (TPSA) is 46.6 Å². The van der Waals surface area contributed by atoms with E-state index in [9.17, 15) is 4.79 Å². The van der Waals surface area contributed by atoms with E-state index in [1.165, 1.54) is 0 Å². The summed E-state index contributed by atoms with van der Waals surface area (Å²) in [7, 11) is 1.79. The predicted molar refractivity (Wildman–Crippen MR) is 79.7 cm³/mol. The minimum Gasteiger partial charge on any atom is -0.469 e. The number of fused-ring (bicyclic) bond motifs is 1. The molecule has 0 saturated heterocycles. The summed E-state index contributed by atoms with van der Waals surface area (Å²) >= 11 is 0. The van der Waals surface area contributed by atoms with E-state index in [0.29, 0.717) is 19.4 Å². The number of aryl methyl sites for hydroxylation is 1. The predicted octanol–water partition coefficient (Wildman–Crippen LogP) is 3.62. The highest BCUT2D eigenvalue weighted by atomic mass is 16.3. The average molecular weight is 283 g/mol. The van der Waals surface area contributed by atoms with Crippen molar-refractivity contribution in [3.63, 3.8) is 0 Å². The van der Waals surface area contributed by atoms with Gasteiger partial charge in [0.1, 0.15) is 17.1 Å². The molecule has 0 saturated carbocycles. The third kappa shape index (κ3) is 3.16. The molecule has 2 heterocycles. The largest absolute Gasteiger partial charge is 0.469 e.